The fraction of sp³-hybridized carbons (Fsp3) is 0.120. The number of nitrogens with zero attached hydrogens (tertiary/aromatic N) is 2. The zero-order valence-corrected chi connectivity index (χ0v) is 17.8. The number of nitrogens with one attached hydrogen (secondary N) is 2. The van der Waals surface area contributed by atoms with Crippen molar-refractivity contribution in [2.75, 3.05) is 18.2 Å². The second kappa shape index (κ2) is 8.23. The van der Waals surface area contributed by atoms with Crippen molar-refractivity contribution >= 4 is 28.9 Å². The Balaban J connectivity index is 1.38. The van der Waals surface area contributed by atoms with Gasteiger partial charge in [-0.05, 0) is 53.6 Å². The van der Waals surface area contributed by atoms with Crippen molar-refractivity contribution in [3.05, 3.63) is 94.6 Å². The first-order valence-electron chi connectivity index (χ1n) is 10.4. The van der Waals surface area contributed by atoms with Crippen LogP contribution in [0.25, 0.3) is 5.70 Å². The molecule has 0 fully saturated rings. The van der Waals surface area contributed by atoms with Crippen LogP contribution in [0.2, 0.25) is 0 Å². The molecule has 1 unspecified atom stereocenters. The van der Waals surface area contributed by atoms with Crippen molar-refractivity contribution in [2.45, 2.75) is 12.6 Å². The number of urea groups is 1. The lowest BCUT2D eigenvalue weighted by Gasteiger charge is -2.11. The van der Waals surface area contributed by atoms with E-state index in [2.05, 4.69) is 20.9 Å². The van der Waals surface area contributed by atoms with E-state index in [4.69, 9.17) is 10.5 Å². The van der Waals surface area contributed by atoms with Crippen LogP contribution in [-0.2, 0) is 6.54 Å². The van der Waals surface area contributed by atoms with E-state index >= 15 is 0 Å². The molecule has 0 saturated carbocycles. The Morgan fingerprint density at radius 1 is 1.06 bits per heavy atom. The average Bonchev–Trinajstić information content (AvgIpc) is 3.39. The van der Waals surface area contributed by atoms with E-state index in [9.17, 15) is 9.59 Å². The topological polar surface area (TPSA) is 118 Å². The van der Waals surface area contributed by atoms with Gasteiger partial charge in [0.25, 0.3) is 0 Å². The molecule has 1 aliphatic heterocycles. The number of fused-ring (bicyclic) bond motifs is 3. The molecular formula is C25H21N5O3. The molecule has 8 heteroatoms. The molecule has 8 nitrogen and oxygen atoms in total. The minimum absolute atomic E-state index is 0.180. The lowest BCUT2D eigenvalue weighted by Crippen LogP contribution is -2.28. The van der Waals surface area contributed by atoms with E-state index in [0.29, 0.717) is 40.5 Å². The summed E-state index contributed by atoms with van der Waals surface area (Å²) < 4.78 is 5.21. The fourth-order valence-corrected chi connectivity index (χ4v) is 4.04. The molecule has 5 rings (SSSR count). The summed E-state index contributed by atoms with van der Waals surface area (Å²) >= 11 is 0. The molecule has 0 aromatic heterocycles. The predicted molar refractivity (Wildman–Crippen MR) is 125 cm³/mol. The highest BCUT2D eigenvalue weighted by Gasteiger charge is 2.42. The van der Waals surface area contributed by atoms with E-state index in [1.165, 1.54) is 0 Å². The number of azo groups is 1. The summed E-state index contributed by atoms with van der Waals surface area (Å²) in [6.45, 7) is 0.332. The molecule has 0 bridgehead atoms. The number of carbonyl (C=O) groups is 2. The molecule has 164 valence electrons. The van der Waals surface area contributed by atoms with Crippen LogP contribution in [0.15, 0.2) is 82.5 Å². The normalized spacial score (nSPS) is 15.9. The number of rotatable bonds is 5. The molecule has 1 aliphatic carbocycles. The second-order valence-corrected chi connectivity index (χ2v) is 7.76. The highest BCUT2D eigenvalue weighted by molar-refractivity contribution is 6.22. The lowest BCUT2D eigenvalue weighted by atomic mass is 10.0. The molecule has 0 radical (unpaired) electrons. The molecule has 33 heavy (non-hydrogen) atoms. The molecule has 1 atom stereocenters. The zero-order chi connectivity index (χ0) is 22.9. The number of ketones is 1. The van der Waals surface area contributed by atoms with Crippen LogP contribution in [0.1, 0.15) is 33.1 Å². The quantitative estimate of drug-likeness (QED) is 0.499. The van der Waals surface area contributed by atoms with Crippen molar-refractivity contribution in [1.29, 1.82) is 0 Å². The number of benzene rings is 3. The average molecular weight is 439 g/mol. The van der Waals surface area contributed by atoms with Gasteiger partial charge in [-0.25, -0.2) is 4.79 Å². The summed E-state index contributed by atoms with van der Waals surface area (Å²) in [6.07, 6.45) is 0. The molecular weight excluding hydrogens is 418 g/mol. The molecule has 4 N–H and O–H groups in total. The molecule has 0 saturated heterocycles. The third kappa shape index (κ3) is 3.71. The van der Waals surface area contributed by atoms with Gasteiger partial charge < -0.3 is 21.1 Å². The number of nitrogens with two attached hydrogens (primary N) is 1. The summed E-state index contributed by atoms with van der Waals surface area (Å²) in [4.78, 5) is 25.9. The highest BCUT2D eigenvalue weighted by atomic mass is 16.5. The molecule has 2 amide bonds. The van der Waals surface area contributed by atoms with E-state index in [1.807, 2.05) is 42.5 Å². The summed E-state index contributed by atoms with van der Waals surface area (Å²) in [6, 6.07) is 19.1. The van der Waals surface area contributed by atoms with Gasteiger partial charge in [-0.2, -0.15) is 10.2 Å². The van der Waals surface area contributed by atoms with Crippen molar-refractivity contribution in [3.8, 4) is 5.75 Å². The van der Waals surface area contributed by atoms with Crippen molar-refractivity contribution in [2.24, 2.45) is 10.2 Å². The van der Waals surface area contributed by atoms with Gasteiger partial charge in [0.2, 0.25) is 0 Å². The maximum absolute atomic E-state index is 13.4. The third-order valence-corrected chi connectivity index (χ3v) is 5.71. The van der Waals surface area contributed by atoms with Gasteiger partial charge in [0.15, 0.2) is 5.78 Å². The van der Waals surface area contributed by atoms with E-state index < -0.39 is 12.1 Å². The summed E-state index contributed by atoms with van der Waals surface area (Å²) in [7, 11) is 1.60. The predicted octanol–water partition coefficient (Wildman–Crippen LogP) is 4.71. The number of methoxy groups -OCH3 is 1. The number of anilines is 2. The Labute approximate surface area is 190 Å². The second-order valence-electron chi connectivity index (χ2n) is 7.76. The number of hydrogen-bond acceptors (Lipinski definition) is 6. The van der Waals surface area contributed by atoms with Gasteiger partial charge in [-0.1, -0.05) is 24.3 Å². The first-order chi connectivity index (χ1) is 16.0. The molecule has 3 aromatic carbocycles. The minimum Gasteiger partial charge on any atom is -0.497 e. The van der Waals surface area contributed by atoms with E-state index in [-0.39, 0.29) is 5.78 Å². The van der Waals surface area contributed by atoms with Gasteiger partial charge in [-0.3, -0.25) is 4.79 Å². The maximum Gasteiger partial charge on any atom is 0.319 e. The number of Topliss-reactive ketones (excluding diaryl/α,β-unsaturated/α-hetero) is 1. The van der Waals surface area contributed by atoms with Gasteiger partial charge in [0.1, 0.15) is 17.5 Å². The van der Waals surface area contributed by atoms with Gasteiger partial charge in [0.05, 0.1) is 23.9 Å². The van der Waals surface area contributed by atoms with Crippen molar-refractivity contribution < 1.29 is 14.3 Å². The van der Waals surface area contributed by atoms with E-state index in [1.54, 1.807) is 31.4 Å². The number of ether oxygens (including phenoxy) is 1. The van der Waals surface area contributed by atoms with Crippen LogP contribution >= 0.6 is 0 Å². The number of nitrogen functional groups attached to an aromatic ring is 1. The largest absolute Gasteiger partial charge is 0.497 e. The number of hydrogen-bond donors (Lipinski definition) is 3. The molecule has 3 aromatic rings. The minimum atomic E-state index is -0.468. The Morgan fingerprint density at radius 3 is 2.55 bits per heavy atom. The van der Waals surface area contributed by atoms with Crippen LogP contribution in [0.4, 0.5) is 16.2 Å². The Morgan fingerprint density at radius 2 is 1.82 bits per heavy atom. The van der Waals surface area contributed by atoms with E-state index in [0.717, 1.165) is 16.7 Å². The van der Waals surface area contributed by atoms with Gasteiger partial charge in [0, 0.05) is 17.8 Å². The first kappa shape index (κ1) is 20.4. The van der Waals surface area contributed by atoms with Crippen molar-refractivity contribution in [3.63, 3.8) is 0 Å². The summed E-state index contributed by atoms with van der Waals surface area (Å²) in [5, 5.41) is 14.2. The van der Waals surface area contributed by atoms with Crippen LogP contribution in [0.5, 0.6) is 5.75 Å². The lowest BCUT2D eigenvalue weighted by molar-refractivity contribution is 0.103. The van der Waals surface area contributed by atoms with Crippen molar-refractivity contribution in [1.82, 2.24) is 5.32 Å². The maximum atomic E-state index is 13.4. The molecule has 2 aliphatic rings. The highest BCUT2D eigenvalue weighted by Crippen LogP contribution is 2.48. The molecule has 1 heterocycles. The third-order valence-electron chi connectivity index (χ3n) is 5.71. The Kier molecular flexibility index (Phi) is 5.10. The van der Waals surface area contributed by atoms with Gasteiger partial charge in [-0.15, -0.1) is 0 Å². The van der Waals surface area contributed by atoms with Gasteiger partial charge >= 0.3 is 6.03 Å². The molecule has 0 spiro atoms. The fourth-order valence-electron chi connectivity index (χ4n) is 4.04. The van der Waals surface area contributed by atoms with Crippen LogP contribution in [-0.4, -0.2) is 18.9 Å². The standard InChI is InChI=1S/C25H21N5O3/c1-33-17-11-7-15(8-12-17)22-21-23(30-29-22)18-3-2-4-19(20(18)24(21)31)28-25(32)27-13-14-5-9-16(26)10-6-14/h2-12,23H,13,26H2,1H3,(H2,27,28,32). The van der Waals surface area contributed by atoms with Crippen LogP contribution < -0.4 is 21.1 Å². The Hall–Kier alpha value is -4.46. The smallest absolute Gasteiger partial charge is 0.319 e. The monoisotopic (exact) mass is 439 g/mol. The van der Waals surface area contributed by atoms with Crippen LogP contribution in [0, 0.1) is 0 Å². The number of carbonyl (C=O) groups excluding carboxylic acids is 2. The summed E-state index contributed by atoms with van der Waals surface area (Å²) in [5.41, 5.74) is 10.7. The number of amides is 2. The first-order valence-corrected chi connectivity index (χ1v) is 10.4. The summed E-state index contributed by atoms with van der Waals surface area (Å²) in [5.74, 6) is 0.536. The Bertz CT molecular complexity index is 1310. The SMILES string of the molecule is COc1ccc(C2=C3C(=O)c4c(NC(=O)NCc5ccc(N)cc5)cccc4C3N=N2)cc1. The zero-order valence-electron chi connectivity index (χ0n) is 17.8. The van der Waals surface area contributed by atoms with Crippen LogP contribution in [0.3, 0.4) is 0 Å².